The van der Waals surface area contributed by atoms with Gasteiger partial charge in [-0.15, -0.1) is 11.3 Å². The van der Waals surface area contributed by atoms with E-state index in [2.05, 4.69) is 4.98 Å². The molecule has 0 fully saturated rings. The van der Waals surface area contributed by atoms with E-state index in [0.29, 0.717) is 39.3 Å². The second kappa shape index (κ2) is 8.80. The lowest BCUT2D eigenvalue weighted by atomic mass is 10.1. The lowest BCUT2D eigenvalue weighted by Gasteiger charge is -2.21. The van der Waals surface area contributed by atoms with E-state index >= 15 is 0 Å². The van der Waals surface area contributed by atoms with Gasteiger partial charge in [0, 0.05) is 17.0 Å². The molecule has 0 saturated heterocycles. The average Bonchev–Trinajstić information content (AvgIpc) is 3.41. The zero-order chi connectivity index (χ0) is 22.8. The first kappa shape index (κ1) is 21.5. The number of ether oxygens (including phenoxy) is 4. The molecule has 1 aliphatic rings. The summed E-state index contributed by atoms with van der Waals surface area (Å²) in [5.41, 5.74) is 2.64. The first-order valence-corrected chi connectivity index (χ1v) is 10.6. The lowest BCUT2D eigenvalue weighted by Crippen LogP contribution is -2.26. The van der Waals surface area contributed by atoms with Crippen LogP contribution in [0.3, 0.4) is 0 Å². The number of hydrogen-bond donors (Lipinski definition) is 2. The molecule has 166 valence electrons. The summed E-state index contributed by atoms with van der Waals surface area (Å²) in [4.78, 5) is 6.36. The Morgan fingerprint density at radius 2 is 1.69 bits per heavy atom. The van der Waals surface area contributed by atoms with Crippen LogP contribution in [0, 0.1) is 5.41 Å². The Balaban J connectivity index is 1.64. The molecule has 4 rings (SSSR count). The topological polar surface area (TPSA) is 97.1 Å². The molecule has 2 heterocycles. The lowest BCUT2D eigenvalue weighted by molar-refractivity contribution is 0.355. The molecular formula is C23H23N3O5S. The van der Waals surface area contributed by atoms with E-state index in [0.717, 1.165) is 11.3 Å². The molecule has 0 spiro atoms. The summed E-state index contributed by atoms with van der Waals surface area (Å²) in [5.74, 6) is 2.67. The summed E-state index contributed by atoms with van der Waals surface area (Å²) in [6.07, 6.45) is 0. The molecular weight excluding hydrogens is 430 g/mol. The highest BCUT2D eigenvalue weighted by Gasteiger charge is 2.33. The number of nitrogens with one attached hydrogen (secondary N) is 1. The number of benzene rings is 2. The number of hydrogen-bond acceptors (Lipinski definition) is 8. The van der Waals surface area contributed by atoms with Gasteiger partial charge < -0.3 is 29.0 Å². The van der Waals surface area contributed by atoms with Gasteiger partial charge in [-0.3, -0.25) is 5.41 Å². The zero-order valence-electron chi connectivity index (χ0n) is 18.1. The van der Waals surface area contributed by atoms with Crippen molar-refractivity contribution in [3.8, 4) is 34.3 Å². The van der Waals surface area contributed by atoms with Crippen molar-refractivity contribution in [3.63, 3.8) is 0 Å². The first-order valence-electron chi connectivity index (χ1n) is 9.69. The molecule has 1 aromatic heterocycles. The highest BCUT2D eigenvalue weighted by Crippen LogP contribution is 2.40. The minimum Gasteiger partial charge on any atom is -0.510 e. The number of aliphatic hydroxyl groups is 1. The van der Waals surface area contributed by atoms with E-state index in [1.165, 1.54) is 11.3 Å². The Morgan fingerprint density at radius 1 is 0.938 bits per heavy atom. The highest BCUT2D eigenvalue weighted by molar-refractivity contribution is 7.11. The summed E-state index contributed by atoms with van der Waals surface area (Å²) in [7, 11) is 6.31. The minimum absolute atomic E-state index is 0.0843. The van der Waals surface area contributed by atoms with Crippen LogP contribution in [0.1, 0.15) is 5.01 Å². The van der Waals surface area contributed by atoms with Crippen molar-refractivity contribution in [2.75, 3.05) is 39.9 Å². The van der Waals surface area contributed by atoms with Gasteiger partial charge >= 0.3 is 0 Å². The second-order valence-corrected chi connectivity index (χ2v) is 7.76. The second-order valence-electron chi connectivity index (χ2n) is 6.90. The molecule has 0 radical (unpaired) electrons. The smallest absolute Gasteiger partial charge is 0.161 e. The molecule has 0 unspecified atom stereocenters. The predicted molar refractivity (Wildman–Crippen MR) is 125 cm³/mol. The third kappa shape index (κ3) is 3.71. The van der Waals surface area contributed by atoms with Crippen LogP contribution in [0.4, 0.5) is 5.69 Å². The monoisotopic (exact) mass is 453 g/mol. The molecule has 2 aromatic carbocycles. The van der Waals surface area contributed by atoms with Crippen LogP contribution >= 0.6 is 11.3 Å². The van der Waals surface area contributed by atoms with E-state index in [4.69, 9.17) is 24.4 Å². The summed E-state index contributed by atoms with van der Waals surface area (Å²) < 4.78 is 21.4. The van der Waals surface area contributed by atoms with Crippen LogP contribution in [0.5, 0.6) is 23.0 Å². The fourth-order valence-electron chi connectivity index (χ4n) is 3.53. The SMILES string of the molecule is COc1ccc(N2CC(O)=C(c3nc(-c4ccc(OC)c(OC)c4)cs3)C2=N)c(OC)c1. The molecule has 0 aliphatic carbocycles. The van der Waals surface area contributed by atoms with Gasteiger partial charge in [-0.05, 0) is 30.3 Å². The van der Waals surface area contributed by atoms with Crippen molar-refractivity contribution in [2.45, 2.75) is 0 Å². The number of methoxy groups -OCH3 is 4. The minimum atomic E-state index is 0.0843. The maximum atomic E-state index is 10.7. The Kier molecular flexibility index (Phi) is 5.91. The number of aliphatic hydroxyl groups excluding tert-OH is 1. The van der Waals surface area contributed by atoms with E-state index in [1.54, 1.807) is 51.5 Å². The van der Waals surface area contributed by atoms with Crippen LogP contribution in [0.2, 0.25) is 0 Å². The van der Waals surface area contributed by atoms with Crippen LogP contribution in [0.15, 0.2) is 47.5 Å². The van der Waals surface area contributed by atoms with Crippen LogP contribution in [-0.2, 0) is 0 Å². The fourth-order valence-corrected chi connectivity index (χ4v) is 4.43. The van der Waals surface area contributed by atoms with Gasteiger partial charge in [0.1, 0.15) is 28.1 Å². The summed E-state index contributed by atoms with van der Waals surface area (Å²) in [6.45, 7) is 0.155. The third-order valence-corrected chi connectivity index (χ3v) is 6.04. The number of anilines is 1. The van der Waals surface area contributed by atoms with Gasteiger partial charge in [-0.2, -0.15) is 0 Å². The Hall–Kier alpha value is -3.72. The quantitative estimate of drug-likeness (QED) is 0.539. The van der Waals surface area contributed by atoms with Crippen molar-refractivity contribution in [1.82, 2.24) is 4.98 Å². The number of aromatic nitrogens is 1. The van der Waals surface area contributed by atoms with E-state index in [1.807, 2.05) is 23.6 Å². The van der Waals surface area contributed by atoms with Crippen molar-refractivity contribution < 1.29 is 24.1 Å². The van der Waals surface area contributed by atoms with Crippen LogP contribution < -0.4 is 23.8 Å². The molecule has 1 aliphatic heterocycles. The van der Waals surface area contributed by atoms with Crippen molar-refractivity contribution in [2.24, 2.45) is 0 Å². The van der Waals surface area contributed by atoms with Crippen molar-refractivity contribution in [1.29, 1.82) is 5.41 Å². The third-order valence-electron chi connectivity index (χ3n) is 5.18. The summed E-state index contributed by atoms with van der Waals surface area (Å²) >= 11 is 1.37. The van der Waals surface area contributed by atoms with Crippen molar-refractivity contribution in [3.05, 3.63) is 52.5 Å². The van der Waals surface area contributed by atoms with E-state index in [-0.39, 0.29) is 18.1 Å². The van der Waals surface area contributed by atoms with E-state index < -0.39 is 0 Å². The first-order chi connectivity index (χ1) is 15.5. The molecule has 9 heteroatoms. The molecule has 0 saturated carbocycles. The van der Waals surface area contributed by atoms with Crippen LogP contribution in [0.25, 0.3) is 16.8 Å². The number of thiazole rings is 1. The Morgan fingerprint density at radius 3 is 2.38 bits per heavy atom. The molecule has 0 bridgehead atoms. The summed E-state index contributed by atoms with van der Waals surface area (Å²) in [6, 6.07) is 10.9. The van der Waals surface area contributed by atoms with E-state index in [9.17, 15) is 5.11 Å². The average molecular weight is 454 g/mol. The molecule has 3 aromatic rings. The Bertz CT molecular complexity index is 1200. The van der Waals surface area contributed by atoms with Gasteiger partial charge in [0.2, 0.25) is 0 Å². The van der Waals surface area contributed by atoms with Crippen molar-refractivity contribution >= 4 is 28.4 Å². The number of nitrogens with zero attached hydrogens (tertiary/aromatic N) is 2. The molecule has 2 N–H and O–H groups in total. The van der Waals surface area contributed by atoms with Crippen LogP contribution in [-0.4, -0.2) is 50.9 Å². The largest absolute Gasteiger partial charge is 0.510 e. The molecule has 0 atom stereocenters. The van der Waals surface area contributed by atoms with Gasteiger partial charge in [0.15, 0.2) is 11.5 Å². The molecule has 32 heavy (non-hydrogen) atoms. The Labute approximate surface area is 189 Å². The highest BCUT2D eigenvalue weighted by atomic mass is 32.1. The molecule has 8 nitrogen and oxygen atoms in total. The van der Waals surface area contributed by atoms with Gasteiger partial charge in [0.05, 0.1) is 51.9 Å². The number of rotatable bonds is 7. The normalized spacial score (nSPS) is 13.5. The maximum Gasteiger partial charge on any atom is 0.161 e. The van der Waals surface area contributed by atoms with Gasteiger partial charge in [-0.1, -0.05) is 0 Å². The maximum absolute atomic E-state index is 10.7. The predicted octanol–water partition coefficient (Wildman–Crippen LogP) is 4.61. The van der Waals surface area contributed by atoms with Gasteiger partial charge in [-0.25, -0.2) is 4.98 Å². The zero-order valence-corrected chi connectivity index (χ0v) is 18.9. The fraction of sp³-hybridized carbons (Fsp3) is 0.217. The van der Waals surface area contributed by atoms with Gasteiger partial charge in [0.25, 0.3) is 0 Å². The standard InChI is InChI=1S/C23H23N3O5S/c1-28-14-6-7-16(19(10-14)30-3)26-11-17(27)21(22(26)24)23-25-15(12-32-23)13-5-8-18(29-2)20(9-13)31-4/h5-10,12,24,27H,11H2,1-4H3. The molecule has 0 amide bonds. The number of amidine groups is 1. The summed E-state index contributed by atoms with van der Waals surface area (Å²) in [5, 5.41) is 21.9.